The van der Waals surface area contributed by atoms with Crippen LogP contribution in [0.4, 0.5) is 0 Å². The van der Waals surface area contributed by atoms with Gasteiger partial charge in [0.05, 0.1) is 6.61 Å². The molecule has 3 heteroatoms. The zero-order valence-corrected chi connectivity index (χ0v) is 13.1. The highest BCUT2D eigenvalue weighted by Crippen LogP contribution is 2.49. The number of hydrogen-bond acceptors (Lipinski definition) is 3. The summed E-state index contributed by atoms with van der Waals surface area (Å²) in [5.41, 5.74) is 6.30. The first-order valence-electron chi connectivity index (χ1n) is 8.00. The molecule has 0 amide bonds. The molecule has 1 atom stereocenters. The summed E-state index contributed by atoms with van der Waals surface area (Å²) < 4.78 is 5.86. The Hall–Kier alpha value is -2.00. The van der Waals surface area contributed by atoms with E-state index in [1.807, 2.05) is 25.1 Å². The number of aromatic hydroxyl groups is 1. The number of hydrogen-bond donors (Lipinski definition) is 1. The minimum Gasteiger partial charge on any atom is -0.508 e. The Morgan fingerprint density at radius 2 is 2.14 bits per heavy atom. The zero-order valence-electron chi connectivity index (χ0n) is 13.1. The van der Waals surface area contributed by atoms with Crippen LogP contribution in [-0.2, 0) is 12.8 Å². The van der Waals surface area contributed by atoms with Gasteiger partial charge < -0.3 is 9.84 Å². The first-order valence-corrected chi connectivity index (χ1v) is 8.00. The number of likely N-dealkylation sites (N-methyl/N-ethyl adjacent to an activating group) is 1. The van der Waals surface area contributed by atoms with Crippen LogP contribution in [-0.4, -0.2) is 30.2 Å². The Morgan fingerprint density at radius 1 is 1.27 bits per heavy atom. The summed E-state index contributed by atoms with van der Waals surface area (Å²) in [4.78, 5) is 2.43. The van der Waals surface area contributed by atoms with E-state index < -0.39 is 0 Å². The van der Waals surface area contributed by atoms with Gasteiger partial charge in [-0.3, -0.25) is 4.90 Å². The van der Waals surface area contributed by atoms with E-state index in [2.05, 4.69) is 24.1 Å². The number of benzene rings is 2. The van der Waals surface area contributed by atoms with Crippen molar-refractivity contribution in [2.24, 2.45) is 0 Å². The summed E-state index contributed by atoms with van der Waals surface area (Å²) in [6.45, 7) is 3.71. The molecule has 0 aromatic heterocycles. The average Bonchev–Trinajstić information content (AvgIpc) is 2.50. The molecule has 1 heterocycles. The van der Waals surface area contributed by atoms with E-state index >= 15 is 0 Å². The minimum atomic E-state index is 0.358. The fourth-order valence-electron chi connectivity index (χ4n) is 3.97. The van der Waals surface area contributed by atoms with Crippen molar-refractivity contribution in [3.8, 4) is 22.6 Å². The molecular formula is C19H21NO2. The first kappa shape index (κ1) is 13.6. The van der Waals surface area contributed by atoms with Crippen molar-refractivity contribution < 1.29 is 9.84 Å². The van der Waals surface area contributed by atoms with E-state index in [-0.39, 0.29) is 0 Å². The second-order valence-corrected chi connectivity index (χ2v) is 6.24. The van der Waals surface area contributed by atoms with E-state index in [1.54, 1.807) is 0 Å². The van der Waals surface area contributed by atoms with Crippen LogP contribution in [0, 0.1) is 0 Å². The summed E-state index contributed by atoms with van der Waals surface area (Å²) in [5.74, 6) is 1.29. The van der Waals surface area contributed by atoms with E-state index in [1.165, 1.54) is 22.3 Å². The van der Waals surface area contributed by atoms with Crippen molar-refractivity contribution in [1.29, 1.82) is 0 Å². The van der Waals surface area contributed by atoms with Crippen LogP contribution in [0.15, 0.2) is 30.3 Å². The maximum absolute atomic E-state index is 10.2. The lowest BCUT2D eigenvalue weighted by molar-refractivity contribution is 0.227. The highest BCUT2D eigenvalue weighted by molar-refractivity contribution is 5.81. The highest BCUT2D eigenvalue weighted by atomic mass is 16.5. The molecule has 2 aromatic carbocycles. The molecule has 0 bridgehead atoms. The molecule has 0 unspecified atom stereocenters. The number of fused-ring (bicyclic) bond motifs is 2. The van der Waals surface area contributed by atoms with Gasteiger partial charge in [-0.05, 0) is 67.3 Å². The van der Waals surface area contributed by atoms with Crippen LogP contribution in [0.2, 0.25) is 0 Å². The molecule has 0 saturated carbocycles. The Morgan fingerprint density at radius 3 is 2.95 bits per heavy atom. The van der Waals surface area contributed by atoms with E-state index in [9.17, 15) is 5.11 Å². The number of ether oxygens (including phenoxy) is 1. The molecule has 0 saturated heterocycles. The van der Waals surface area contributed by atoms with Crippen molar-refractivity contribution in [3.63, 3.8) is 0 Å². The molecule has 1 N–H and O–H groups in total. The maximum Gasteiger partial charge on any atom is 0.127 e. The summed E-state index contributed by atoms with van der Waals surface area (Å²) >= 11 is 0. The molecule has 0 radical (unpaired) electrons. The molecular weight excluding hydrogens is 274 g/mol. The second-order valence-electron chi connectivity index (χ2n) is 6.24. The van der Waals surface area contributed by atoms with Crippen LogP contribution in [0.1, 0.15) is 29.7 Å². The molecule has 0 fully saturated rings. The lowest BCUT2D eigenvalue weighted by Crippen LogP contribution is -2.35. The van der Waals surface area contributed by atoms with Gasteiger partial charge in [-0.25, -0.2) is 0 Å². The number of nitrogens with zero attached hydrogens (tertiary/aromatic N) is 1. The smallest absolute Gasteiger partial charge is 0.127 e. The quantitative estimate of drug-likeness (QED) is 0.920. The van der Waals surface area contributed by atoms with E-state index in [0.29, 0.717) is 18.4 Å². The van der Waals surface area contributed by atoms with Crippen LogP contribution in [0.5, 0.6) is 11.5 Å². The molecule has 0 spiro atoms. The molecule has 3 nitrogen and oxygen atoms in total. The predicted octanol–water partition coefficient (Wildman–Crippen LogP) is 3.54. The predicted molar refractivity (Wildman–Crippen MR) is 87.5 cm³/mol. The van der Waals surface area contributed by atoms with Gasteiger partial charge >= 0.3 is 0 Å². The van der Waals surface area contributed by atoms with Crippen molar-refractivity contribution >= 4 is 0 Å². The van der Waals surface area contributed by atoms with Crippen LogP contribution in [0.25, 0.3) is 11.1 Å². The maximum atomic E-state index is 10.2. The molecule has 1 aliphatic heterocycles. The van der Waals surface area contributed by atoms with Gasteiger partial charge in [0.2, 0.25) is 0 Å². The third kappa shape index (κ3) is 1.92. The molecule has 2 aromatic rings. The zero-order chi connectivity index (χ0) is 15.3. The summed E-state index contributed by atoms with van der Waals surface area (Å²) in [7, 11) is 2.20. The standard InChI is InChI=1S/C19H21NO2/c1-3-22-17-6-4-5-12-10-16-18-13(7-8-20(16)2)9-14(21)11-15(18)19(12)17/h4-6,9,11,16,21H,3,7-8,10H2,1-2H3/t16-/m1/s1. The minimum absolute atomic E-state index is 0.358. The third-order valence-corrected chi connectivity index (χ3v) is 4.94. The van der Waals surface area contributed by atoms with Crippen molar-refractivity contribution in [2.45, 2.75) is 25.8 Å². The molecule has 114 valence electrons. The third-order valence-electron chi connectivity index (χ3n) is 4.94. The first-order chi connectivity index (χ1) is 10.7. The topological polar surface area (TPSA) is 32.7 Å². The summed E-state index contributed by atoms with van der Waals surface area (Å²) in [5, 5.41) is 10.2. The molecule has 2 aliphatic rings. The molecule has 22 heavy (non-hydrogen) atoms. The van der Waals surface area contributed by atoms with Crippen LogP contribution in [0.3, 0.4) is 0 Å². The Bertz CT molecular complexity index is 738. The van der Waals surface area contributed by atoms with Crippen molar-refractivity contribution in [1.82, 2.24) is 4.90 Å². The number of rotatable bonds is 2. The lowest BCUT2D eigenvalue weighted by Gasteiger charge is -2.40. The van der Waals surface area contributed by atoms with Gasteiger partial charge in [-0.2, -0.15) is 0 Å². The lowest BCUT2D eigenvalue weighted by atomic mass is 9.77. The monoisotopic (exact) mass is 295 g/mol. The SMILES string of the molecule is CCOc1cccc2c1-c1cc(O)cc3c1[C@@H](C2)N(C)CC3. The number of phenols is 1. The Balaban J connectivity index is 2.01. The van der Waals surface area contributed by atoms with Crippen molar-refractivity contribution in [3.05, 3.63) is 47.0 Å². The fourth-order valence-corrected chi connectivity index (χ4v) is 3.97. The normalized spacial score (nSPS) is 19.5. The second kappa shape index (κ2) is 5.03. The van der Waals surface area contributed by atoms with Crippen LogP contribution < -0.4 is 4.74 Å². The molecule has 4 rings (SSSR count). The summed E-state index contributed by atoms with van der Waals surface area (Å²) in [6, 6.07) is 10.5. The van der Waals surface area contributed by atoms with Gasteiger partial charge in [0.15, 0.2) is 0 Å². The Labute approximate surface area is 131 Å². The van der Waals surface area contributed by atoms with E-state index in [0.717, 1.165) is 30.7 Å². The van der Waals surface area contributed by atoms with Gasteiger partial charge in [0.1, 0.15) is 11.5 Å². The van der Waals surface area contributed by atoms with Gasteiger partial charge in [-0.1, -0.05) is 12.1 Å². The van der Waals surface area contributed by atoms with Gasteiger partial charge in [0, 0.05) is 18.2 Å². The summed E-state index contributed by atoms with van der Waals surface area (Å²) in [6.07, 6.45) is 2.01. The van der Waals surface area contributed by atoms with Crippen molar-refractivity contribution in [2.75, 3.05) is 20.2 Å². The van der Waals surface area contributed by atoms with Gasteiger partial charge in [0.25, 0.3) is 0 Å². The number of phenolic OH excluding ortho intramolecular Hbond substituents is 1. The largest absolute Gasteiger partial charge is 0.508 e. The average molecular weight is 295 g/mol. The fraction of sp³-hybridized carbons (Fsp3) is 0.368. The molecule has 1 aliphatic carbocycles. The van der Waals surface area contributed by atoms with Crippen LogP contribution >= 0.6 is 0 Å². The Kier molecular flexibility index (Phi) is 3.12. The van der Waals surface area contributed by atoms with Gasteiger partial charge in [-0.15, -0.1) is 0 Å². The van der Waals surface area contributed by atoms with E-state index in [4.69, 9.17) is 4.74 Å². The highest BCUT2D eigenvalue weighted by Gasteiger charge is 2.34.